The first-order valence-electron chi connectivity index (χ1n) is 10.1. The van der Waals surface area contributed by atoms with Crippen LogP contribution in [0.4, 0.5) is 4.39 Å². The molecule has 6 nitrogen and oxygen atoms in total. The van der Waals surface area contributed by atoms with Crippen LogP contribution in [0, 0.1) is 11.7 Å². The normalized spacial score (nSPS) is 15.9. The van der Waals surface area contributed by atoms with E-state index < -0.39 is 0 Å². The predicted octanol–water partition coefficient (Wildman–Crippen LogP) is 2.85. The Hall–Kier alpha value is -2.12. The molecule has 0 atom stereocenters. The summed E-state index contributed by atoms with van der Waals surface area (Å²) in [5.74, 6) is 1.21. The molecule has 0 unspecified atom stereocenters. The summed E-state index contributed by atoms with van der Waals surface area (Å²) < 4.78 is 24.6. The summed E-state index contributed by atoms with van der Waals surface area (Å²) in [4.78, 5) is 7.43. The molecule has 2 aromatic rings. The maximum atomic E-state index is 13.5. The van der Waals surface area contributed by atoms with Crippen LogP contribution in [0.3, 0.4) is 0 Å². The average Bonchev–Trinajstić information content (AvgIpc) is 3.12. The number of halogens is 1. The number of hydrogen-bond acceptors (Lipinski definition) is 3. The highest BCUT2D eigenvalue weighted by Gasteiger charge is 2.13. The van der Waals surface area contributed by atoms with Gasteiger partial charge in [0, 0.05) is 63.7 Å². The minimum atomic E-state index is -0.210. The molecule has 1 aromatic carbocycles. The van der Waals surface area contributed by atoms with Crippen LogP contribution in [0.2, 0.25) is 0 Å². The summed E-state index contributed by atoms with van der Waals surface area (Å²) in [7, 11) is 1.76. The predicted molar refractivity (Wildman–Crippen MR) is 110 cm³/mol. The lowest BCUT2D eigenvalue weighted by molar-refractivity contribution is 0.0203. The molecule has 154 valence electrons. The molecule has 7 heteroatoms. The third-order valence-electron chi connectivity index (χ3n) is 5.09. The van der Waals surface area contributed by atoms with Crippen molar-refractivity contribution in [3.8, 4) is 0 Å². The molecule has 3 rings (SSSR count). The molecular formula is C21H31FN4O2. The van der Waals surface area contributed by atoms with Gasteiger partial charge in [0.25, 0.3) is 0 Å². The molecule has 1 aliphatic heterocycles. The van der Waals surface area contributed by atoms with E-state index in [4.69, 9.17) is 9.47 Å². The average molecular weight is 391 g/mol. The van der Waals surface area contributed by atoms with Gasteiger partial charge in [-0.3, -0.25) is 4.99 Å². The largest absolute Gasteiger partial charge is 0.381 e. The van der Waals surface area contributed by atoms with Gasteiger partial charge < -0.3 is 25.1 Å². The van der Waals surface area contributed by atoms with Gasteiger partial charge in [0.2, 0.25) is 0 Å². The first-order valence-corrected chi connectivity index (χ1v) is 10.1. The van der Waals surface area contributed by atoms with E-state index in [9.17, 15) is 4.39 Å². The van der Waals surface area contributed by atoms with Crippen molar-refractivity contribution in [1.82, 2.24) is 15.6 Å². The zero-order chi connectivity index (χ0) is 19.6. The molecule has 1 aliphatic rings. The number of H-pyrrole nitrogens is 1. The van der Waals surface area contributed by atoms with Gasteiger partial charge in [-0.2, -0.15) is 0 Å². The van der Waals surface area contributed by atoms with Gasteiger partial charge in [0.15, 0.2) is 5.96 Å². The Morgan fingerprint density at radius 1 is 1.29 bits per heavy atom. The van der Waals surface area contributed by atoms with Crippen LogP contribution in [0.5, 0.6) is 0 Å². The van der Waals surface area contributed by atoms with E-state index in [1.807, 2.05) is 6.20 Å². The van der Waals surface area contributed by atoms with Crippen LogP contribution < -0.4 is 10.6 Å². The fraction of sp³-hybridized carbons (Fsp3) is 0.571. The number of hydrogen-bond donors (Lipinski definition) is 3. The summed E-state index contributed by atoms with van der Waals surface area (Å²) in [5.41, 5.74) is 2.05. The van der Waals surface area contributed by atoms with E-state index in [0.29, 0.717) is 5.92 Å². The van der Waals surface area contributed by atoms with Crippen LogP contribution in [0.1, 0.15) is 24.8 Å². The summed E-state index contributed by atoms with van der Waals surface area (Å²) in [5, 5.41) is 7.55. The van der Waals surface area contributed by atoms with E-state index in [2.05, 4.69) is 20.6 Å². The second-order valence-electron chi connectivity index (χ2n) is 7.16. The van der Waals surface area contributed by atoms with Gasteiger partial charge in [-0.25, -0.2) is 4.39 Å². The number of nitrogens with one attached hydrogen (secondary N) is 3. The fourth-order valence-electron chi connectivity index (χ4n) is 3.44. The highest BCUT2D eigenvalue weighted by atomic mass is 19.1. The van der Waals surface area contributed by atoms with E-state index in [1.165, 1.54) is 6.07 Å². The molecule has 0 aliphatic carbocycles. The number of aromatic amines is 1. The van der Waals surface area contributed by atoms with Crippen molar-refractivity contribution in [2.45, 2.75) is 25.7 Å². The number of fused-ring (bicyclic) bond motifs is 1. The van der Waals surface area contributed by atoms with Crippen LogP contribution in [-0.4, -0.2) is 57.5 Å². The minimum Gasteiger partial charge on any atom is -0.381 e. The standard InChI is InChI=1S/C21H31FN4O2/c1-23-21(24-8-2-10-28-15-16-6-11-27-12-7-16)25-9-5-17-14-26-20-4-3-18(22)13-19(17)20/h3-4,13-14,16,26H,2,5-12,15H2,1H3,(H2,23,24,25). The summed E-state index contributed by atoms with van der Waals surface area (Å²) in [6.07, 6.45) is 5.89. The van der Waals surface area contributed by atoms with Gasteiger partial charge in [0.05, 0.1) is 0 Å². The maximum absolute atomic E-state index is 13.5. The SMILES string of the molecule is CN=C(NCCCOCC1CCOCC1)NCCc1c[nH]c2ccc(F)cc12. The van der Waals surface area contributed by atoms with Crippen molar-refractivity contribution in [1.29, 1.82) is 0 Å². The van der Waals surface area contributed by atoms with Gasteiger partial charge >= 0.3 is 0 Å². The molecule has 2 heterocycles. The maximum Gasteiger partial charge on any atom is 0.190 e. The number of benzene rings is 1. The van der Waals surface area contributed by atoms with Crippen LogP contribution in [-0.2, 0) is 15.9 Å². The number of ether oxygens (including phenoxy) is 2. The Kier molecular flexibility index (Phi) is 8.11. The van der Waals surface area contributed by atoms with E-state index in [-0.39, 0.29) is 5.82 Å². The third kappa shape index (κ3) is 6.21. The summed E-state index contributed by atoms with van der Waals surface area (Å²) >= 11 is 0. The highest BCUT2D eigenvalue weighted by Crippen LogP contribution is 2.19. The molecule has 28 heavy (non-hydrogen) atoms. The molecule has 0 saturated carbocycles. The Morgan fingerprint density at radius 3 is 2.93 bits per heavy atom. The van der Waals surface area contributed by atoms with Crippen molar-refractivity contribution in [3.63, 3.8) is 0 Å². The van der Waals surface area contributed by atoms with Crippen molar-refractivity contribution in [3.05, 3.63) is 35.8 Å². The van der Waals surface area contributed by atoms with E-state index in [0.717, 1.165) is 87.6 Å². The Labute approximate surface area is 165 Å². The van der Waals surface area contributed by atoms with Crippen molar-refractivity contribution in [2.75, 3.05) is 46.6 Å². The third-order valence-corrected chi connectivity index (χ3v) is 5.09. The van der Waals surface area contributed by atoms with Crippen molar-refractivity contribution < 1.29 is 13.9 Å². The summed E-state index contributed by atoms with van der Waals surface area (Å²) in [6, 6.07) is 4.82. The Morgan fingerprint density at radius 2 is 2.11 bits per heavy atom. The summed E-state index contributed by atoms with van der Waals surface area (Å²) in [6.45, 7) is 4.86. The molecule has 3 N–H and O–H groups in total. The lowest BCUT2D eigenvalue weighted by Gasteiger charge is -2.21. The Bertz CT molecular complexity index is 756. The molecule has 0 spiro atoms. The minimum absolute atomic E-state index is 0.210. The quantitative estimate of drug-likeness (QED) is 0.350. The number of rotatable bonds is 9. The van der Waals surface area contributed by atoms with Gasteiger partial charge in [-0.1, -0.05) is 0 Å². The smallest absolute Gasteiger partial charge is 0.190 e. The van der Waals surface area contributed by atoms with E-state index in [1.54, 1.807) is 19.2 Å². The molecular weight excluding hydrogens is 359 g/mol. The number of nitrogens with zero attached hydrogens (tertiary/aromatic N) is 1. The second-order valence-corrected chi connectivity index (χ2v) is 7.16. The zero-order valence-corrected chi connectivity index (χ0v) is 16.6. The van der Waals surface area contributed by atoms with E-state index >= 15 is 0 Å². The molecule has 0 bridgehead atoms. The van der Waals surface area contributed by atoms with Crippen LogP contribution in [0.25, 0.3) is 10.9 Å². The molecule has 1 aromatic heterocycles. The van der Waals surface area contributed by atoms with Crippen LogP contribution in [0.15, 0.2) is 29.4 Å². The number of aliphatic imine (C=N–C) groups is 1. The Balaban J connectivity index is 1.29. The van der Waals surface area contributed by atoms with Crippen molar-refractivity contribution in [2.24, 2.45) is 10.9 Å². The lowest BCUT2D eigenvalue weighted by atomic mass is 10.0. The second kappa shape index (κ2) is 11.0. The zero-order valence-electron chi connectivity index (χ0n) is 16.6. The van der Waals surface area contributed by atoms with Gasteiger partial charge in [0.1, 0.15) is 5.82 Å². The van der Waals surface area contributed by atoms with Crippen LogP contribution >= 0.6 is 0 Å². The monoisotopic (exact) mass is 390 g/mol. The molecule has 0 amide bonds. The van der Waals surface area contributed by atoms with Crippen molar-refractivity contribution >= 4 is 16.9 Å². The molecule has 0 radical (unpaired) electrons. The lowest BCUT2D eigenvalue weighted by Crippen LogP contribution is -2.39. The molecule has 1 saturated heterocycles. The fourth-order valence-corrected chi connectivity index (χ4v) is 3.44. The number of aromatic nitrogens is 1. The van der Waals surface area contributed by atoms with Gasteiger partial charge in [-0.15, -0.1) is 0 Å². The molecule has 1 fully saturated rings. The number of guanidine groups is 1. The van der Waals surface area contributed by atoms with Gasteiger partial charge in [-0.05, 0) is 55.4 Å². The first-order chi connectivity index (χ1) is 13.8. The first kappa shape index (κ1) is 20.6. The highest BCUT2D eigenvalue weighted by molar-refractivity contribution is 5.83. The topological polar surface area (TPSA) is 70.7 Å².